The fourth-order valence-corrected chi connectivity index (χ4v) is 4.69. The highest BCUT2D eigenvalue weighted by Crippen LogP contribution is 2.46. The fourth-order valence-electron chi connectivity index (χ4n) is 3.57. The molecule has 0 saturated heterocycles. The first-order valence-electron chi connectivity index (χ1n) is 9.68. The van der Waals surface area contributed by atoms with Gasteiger partial charge in [0.2, 0.25) is 0 Å². The molecule has 6 N–H and O–H groups in total. The maximum absolute atomic E-state index is 12.3. The van der Waals surface area contributed by atoms with Crippen LogP contribution in [0.4, 0.5) is 11.6 Å². The molecule has 3 atom stereocenters. The molecule has 0 aliphatic carbocycles. The van der Waals surface area contributed by atoms with Crippen LogP contribution in [0.1, 0.15) is 13.8 Å². The van der Waals surface area contributed by atoms with Crippen LogP contribution in [-0.2, 0) is 22.4 Å². The van der Waals surface area contributed by atoms with E-state index in [9.17, 15) is 14.4 Å². The van der Waals surface area contributed by atoms with Crippen molar-refractivity contribution in [3.63, 3.8) is 0 Å². The van der Waals surface area contributed by atoms with E-state index in [0.29, 0.717) is 22.3 Å². The Morgan fingerprint density at radius 2 is 1.41 bits per heavy atom. The van der Waals surface area contributed by atoms with Crippen LogP contribution in [0, 0.1) is 5.92 Å². The summed E-state index contributed by atoms with van der Waals surface area (Å²) in [7, 11) is -4.60. The maximum Gasteiger partial charge on any atom is 0.354 e. The van der Waals surface area contributed by atoms with Crippen LogP contribution in [0.5, 0.6) is 0 Å². The van der Waals surface area contributed by atoms with Gasteiger partial charge in [-0.15, -0.1) is 0 Å². The second kappa shape index (κ2) is 8.39. The summed E-state index contributed by atoms with van der Waals surface area (Å²) in [6, 6.07) is 0. The molecule has 0 fully saturated rings. The molecule has 170 valence electrons. The number of hydrogen-bond donors (Lipinski definition) is 4. The van der Waals surface area contributed by atoms with Gasteiger partial charge in [-0.3, -0.25) is 4.57 Å². The lowest BCUT2D eigenvalue weighted by Gasteiger charge is -2.28. The Bertz CT molecular complexity index is 1300. The minimum absolute atomic E-state index is 0.202. The molecular formula is C17H23N10O4P. The second-order valence-corrected chi connectivity index (χ2v) is 9.25. The molecule has 0 spiro atoms. The van der Waals surface area contributed by atoms with Crippen LogP contribution in [0.25, 0.3) is 22.3 Å². The second-order valence-electron chi connectivity index (χ2n) is 7.56. The first kappa shape index (κ1) is 22.0. The Morgan fingerprint density at radius 1 is 0.906 bits per heavy atom. The predicted molar refractivity (Wildman–Crippen MR) is 115 cm³/mol. The maximum atomic E-state index is 12.3. The number of nitrogens with two attached hydrogens (primary N) is 2. The number of nitrogen functional groups attached to an aromatic ring is 2. The third-order valence-electron chi connectivity index (χ3n) is 4.99. The van der Waals surface area contributed by atoms with Gasteiger partial charge in [0.25, 0.3) is 0 Å². The SMILES string of the molecule is C[C@H](Cn1cnc2c(N)ncnc21)OC([C@H](C)Cn1cnc2c(N)ncnc21)P(=O)(O)O. The van der Waals surface area contributed by atoms with Crippen LogP contribution in [0.15, 0.2) is 25.3 Å². The van der Waals surface area contributed by atoms with Crippen molar-refractivity contribution in [2.45, 2.75) is 38.9 Å². The molecule has 4 aromatic rings. The minimum Gasteiger partial charge on any atom is -0.382 e. The van der Waals surface area contributed by atoms with E-state index in [1.54, 1.807) is 23.0 Å². The zero-order chi connectivity index (χ0) is 23.0. The van der Waals surface area contributed by atoms with E-state index in [0.717, 1.165) is 0 Å². The van der Waals surface area contributed by atoms with E-state index in [1.807, 2.05) is 0 Å². The molecule has 4 aromatic heterocycles. The third-order valence-corrected chi connectivity index (χ3v) is 6.28. The fraction of sp³-hybridized carbons (Fsp3) is 0.412. The highest BCUT2D eigenvalue weighted by Gasteiger charge is 2.37. The van der Waals surface area contributed by atoms with Gasteiger partial charge in [-0.1, -0.05) is 6.92 Å². The van der Waals surface area contributed by atoms with Crippen LogP contribution in [0.2, 0.25) is 0 Å². The van der Waals surface area contributed by atoms with Crippen molar-refractivity contribution in [1.29, 1.82) is 0 Å². The summed E-state index contributed by atoms with van der Waals surface area (Å²) in [6.45, 7) is 3.86. The summed E-state index contributed by atoms with van der Waals surface area (Å²) in [5, 5.41) is 0. The van der Waals surface area contributed by atoms with Crippen molar-refractivity contribution in [2.24, 2.45) is 5.92 Å². The Hall–Kier alpha value is -3.19. The minimum atomic E-state index is -4.60. The Kier molecular flexibility index (Phi) is 5.77. The molecule has 0 aromatic carbocycles. The molecule has 0 bridgehead atoms. The van der Waals surface area contributed by atoms with Crippen LogP contribution in [-0.4, -0.2) is 60.8 Å². The number of aromatic nitrogens is 8. The monoisotopic (exact) mass is 462 g/mol. The first-order valence-corrected chi connectivity index (χ1v) is 11.4. The zero-order valence-corrected chi connectivity index (χ0v) is 18.2. The smallest absolute Gasteiger partial charge is 0.354 e. The molecule has 1 unspecified atom stereocenters. The van der Waals surface area contributed by atoms with Crippen molar-refractivity contribution in [3.05, 3.63) is 25.3 Å². The summed E-state index contributed by atoms with van der Waals surface area (Å²) in [6.07, 6.45) is 5.11. The van der Waals surface area contributed by atoms with Gasteiger partial charge < -0.3 is 35.1 Å². The normalized spacial score (nSPS) is 15.2. The molecule has 14 nitrogen and oxygen atoms in total. The highest BCUT2D eigenvalue weighted by molar-refractivity contribution is 7.52. The lowest BCUT2D eigenvalue weighted by molar-refractivity contribution is -0.00861. The summed E-state index contributed by atoms with van der Waals surface area (Å²) in [5.41, 5.74) is 13.5. The zero-order valence-electron chi connectivity index (χ0n) is 17.3. The summed E-state index contributed by atoms with van der Waals surface area (Å²) in [4.78, 5) is 44.5. The molecule has 0 amide bonds. The lowest BCUT2D eigenvalue weighted by atomic mass is 10.2. The average Bonchev–Trinajstić information content (AvgIpc) is 3.32. The number of hydrogen-bond acceptors (Lipinski definition) is 10. The third kappa shape index (κ3) is 4.25. The predicted octanol–water partition coefficient (Wildman–Crippen LogP) is 0.376. The average molecular weight is 462 g/mol. The van der Waals surface area contributed by atoms with Crippen LogP contribution < -0.4 is 11.5 Å². The van der Waals surface area contributed by atoms with Gasteiger partial charge in [0, 0.05) is 12.5 Å². The van der Waals surface area contributed by atoms with Gasteiger partial charge in [-0.25, -0.2) is 29.9 Å². The van der Waals surface area contributed by atoms with Gasteiger partial charge in [-0.2, -0.15) is 0 Å². The topological polar surface area (TPSA) is 206 Å². The van der Waals surface area contributed by atoms with Gasteiger partial charge >= 0.3 is 7.60 Å². The lowest BCUT2D eigenvalue weighted by Crippen LogP contribution is -2.31. The van der Waals surface area contributed by atoms with E-state index in [1.165, 1.54) is 25.3 Å². The van der Waals surface area contributed by atoms with Crippen molar-refractivity contribution in [1.82, 2.24) is 39.0 Å². The molecule has 4 heterocycles. The molecule has 0 aliphatic rings. The number of imidazole rings is 2. The number of rotatable bonds is 8. The number of nitrogens with zero attached hydrogens (tertiary/aromatic N) is 8. The molecule has 15 heteroatoms. The molecule has 4 rings (SSSR count). The quantitative estimate of drug-likeness (QED) is 0.262. The molecule has 0 aliphatic heterocycles. The van der Waals surface area contributed by atoms with Gasteiger partial charge in [0.1, 0.15) is 23.7 Å². The van der Waals surface area contributed by atoms with Crippen molar-refractivity contribution in [3.8, 4) is 0 Å². The molecule has 0 radical (unpaired) electrons. The van der Waals surface area contributed by atoms with Crippen molar-refractivity contribution < 1.29 is 19.1 Å². The molecule has 0 saturated carbocycles. The van der Waals surface area contributed by atoms with Crippen molar-refractivity contribution in [2.75, 3.05) is 11.5 Å². The molecular weight excluding hydrogens is 439 g/mol. The Morgan fingerprint density at radius 3 is 1.91 bits per heavy atom. The van der Waals surface area contributed by atoms with Crippen molar-refractivity contribution >= 4 is 41.6 Å². The summed E-state index contributed by atoms with van der Waals surface area (Å²) >= 11 is 0. The summed E-state index contributed by atoms with van der Waals surface area (Å²) in [5.74, 6) is -1.45. The van der Waals surface area contributed by atoms with Gasteiger partial charge in [0.15, 0.2) is 28.8 Å². The largest absolute Gasteiger partial charge is 0.382 e. The Balaban J connectivity index is 1.52. The Labute approximate surface area is 181 Å². The van der Waals surface area contributed by atoms with Gasteiger partial charge in [-0.05, 0) is 6.92 Å². The van der Waals surface area contributed by atoms with E-state index in [2.05, 4.69) is 29.9 Å². The van der Waals surface area contributed by atoms with E-state index >= 15 is 0 Å². The number of anilines is 2. The standard InChI is InChI=1S/C17H23N10O4P/c1-9(3-26-7-24-11-13(18)20-5-22-15(11)26)17(32(28,29)30)31-10(2)4-27-8-25-12-14(19)21-6-23-16(12)27/h5-10,17H,3-4H2,1-2H3,(H2,18,20,22)(H2,19,21,23)(H2,28,29,30)/t9-,10-,17?/m1/s1. The van der Waals surface area contributed by atoms with E-state index in [4.69, 9.17) is 16.2 Å². The van der Waals surface area contributed by atoms with Gasteiger partial charge in [0.05, 0.1) is 25.3 Å². The summed E-state index contributed by atoms with van der Waals surface area (Å²) < 4.78 is 21.5. The number of fused-ring (bicyclic) bond motifs is 2. The van der Waals surface area contributed by atoms with E-state index in [-0.39, 0.29) is 24.7 Å². The molecule has 32 heavy (non-hydrogen) atoms. The van der Waals surface area contributed by atoms with E-state index < -0.39 is 25.5 Å². The highest BCUT2D eigenvalue weighted by atomic mass is 31.2. The van der Waals surface area contributed by atoms with Crippen LogP contribution in [0.3, 0.4) is 0 Å². The first-order chi connectivity index (χ1) is 15.1. The number of ether oxygens (including phenoxy) is 1. The van der Waals surface area contributed by atoms with Crippen LogP contribution >= 0.6 is 7.60 Å².